The number of nitriles is 1. The summed E-state index contributed by atoms with van der Waals surface area (Å²) in [6.07, 6.45) is 7.55. The Labute approximate surface area is 187 Å². The van der Waals surface area contributed by atoms with Gasteiger partial charge in [-0.05, 0) is 55.7 Å². The lowest BCUT2D eigenvalue weighted by Crippen LogP contribution is -2.39. The molecule has 0 saturated carbocycles. The molecule has 1 atom stereocenters. The molecule has 0 aliphatic heterocycles. The Bertz CT molecular complexity index is 1050. The van der Waals surface area contributed by atoms with Gasteiger partial charge >= 0.3 is 5.97 Å². The first-order chi connectivity index (χ1) is 15.5. The van der Waals surface area contributed by atoms with E-state index >= 15 is 0 Å². The molecule has 1 aromatic carbocycles. The first-order valence-electron chi connectivity index (χ1n) is 11.2. The Morgan fingerprint density at radius 2 is 1.81 bits per heavy atom. The highest BCUT2D eigenvalue weighted by Crippen LogP contribution is 2.21. The Morgan fingerprint density at radius 3 is 2.50 bits per heavy atom. The molecular formula is C25H29N3O4. The fourth-order valence-corrected chi connectivity index (χ4v) is 4.25. The number of aryl methyl sites for hydroxylation is 1. The van der Waals surface area contributed by atoms with Gasteiger partial charge in [0.05, 0.1) is 6.07 Å². The molecule has 0 fully saturated rings. The summed E-state index contributed by atoms with van der Waals surface area (Å²) < 4.78 is 1.69. The first kappa shape index (κ1) is 23.3. The minimum atomic E-state index is -1.24. The average molecular weight is 436 g/mol. The van der Waals surface area contributed by atoms with Crippen molar-refractivity contribution in [1.29, 1.82) is 5.26 Å². The maximum absolute atomic E-state index is 13.3. The number of rotatable bonds is 8. The minimum absolute atomic E-state index is 0.0215. The van der Waals surface area contributed by atoms with Gasteiger partial charge in [-0.25, -0.2) is 4.79 Å². The first-order valence-corrected chi connectivity index (χ1v) is 11.2. The number of nitrogens with zero attached hydrogens (tertiary/aromatic N) is 2. The molecule has 0 spiro atoms. The smallest absolute Gasteiger partial charge is 0.330 e. The zero-order valence-corrected chi connectivity index (χ0v) is 18.2. The quantitative estimate of drug-likeness (QED) is 0.613. The summed E-state index contributed by atoms with van der Waals surface area (Å²) >= 11 is 0. The second-order valence-electron chi connectivity index (χ2n) is 8.17. The van der Waals surface area contributed by atoms with E-state index in [9.17, 15) is 19.5 Å². The Hall–Kier alpha value is -3.40. The number of fused-ring (bicyclic) bond motifs is 1. The number of benzene rings is 1. The SMILES string of the molecule is N#CCCCCn1c2c(cc(C(=O)N[C@@H](C(=O)O)c3ccccc3)c1=O)CCCCCC2. The summed E-state index contributed by atoms with van der Waals surface area (Å²) in [6.45, 7) is 0.449. The minimum Gasteiger partial charge on any atom is -0.479 e. The topological polar surface area (TPSA) is 112 Å². The number of nitrogens with one attached hydrogen (secondary N) is 1. The largest absolute Gasteiger partial charge is 0.479 e. The predicted molar refractivity (Wildman–Crippen MR) is 120 cm³/mol. The molecule has 3 rings (SSSR count). The third-order valence-corrected chi connectivity index (χ3v) is 5.92. The molecule has 7 nitrogen and oxygen atoms in total. The molecular weight excluding hydrogens is 406 g/mol. The lowest BCUT2D eigenvalue weighted by molar-refractivity contribution is -0.139. The van der Waals surface area contributed by atoms with Crippen LogP contribution in [0.3, 0.4) is 0 Å². The van der Waals surface area contributed by atoms with Crippen molar-refractivity contribution in [3.63, 3.8) is 0 Å². The van der Waals surface area contributed by atoms with E-state index in [1.807, 2.05) is 0 Å². The molecule has 0 saturated heterocycles. The van der Waals surface area contributed by atoms with Crippen LogP contribution in [-0.2, 0) is 24.2 Å². The molecule has 1 heterocycles. The number of carbonyl (C=O) groups is 2. The molecule has 7 heteroatoms. The molecule has 0 bridgehead atoms. The molecule has 1 aliphatic rings. The molecule has 0 radical (unpaired) electrons. The average Bonchev–Trinajstić information content (AvgIpc) is 2.77. The normalized spacial score (nSPS) is 14.3. The fraction of sp³-hybridized carbons (Fsp3) is 0.440. The van der Waals surface area contributed by atoms with Gasteiger partial charge in [-0.1, -0.05) is 43.2 Å². The molecule has 1 aromatic heterocycles. The van der Waals surface area contributed by atoms with Gasteiger partial charge in [0.1, 0.15) is 5.56 Å². The number of aromatic nitrogens is 1. The number of unbranched alkanes of at least 4 members (excludes halogenated alkanes) is 2. The molecule has 2 aromatic rings. The number of carboxylic acids is 1. The van der Waals surface area contributed by atoms with Crippen molar-refractivity contribution in [2.75, 3.05) is 0 Å². The van der Waals surface area contributed by atoms with Crippen LogP contribution in [0.1, 0.15) is 78.2 Å². The summed E-state index contributed by atoms with van der Waals surface area (Å²) in [5.74, 6) is -1.87. The maximum Gasteiger partial charge on any atom is 0.330 e. The van der Waals surface area contributed by atoms with Crippen molar-refractivity contribution >= 4 is 11.9 Å². The highest BCUT2D eigenvalue weighted by molar-refractivity contribution is 5.96. The van der Waals surface area contributed by atoms with Crippen LogP contribution in [0.4, 0.5) is 0 Å². The van der Waals surface area contributed by atoms with Gasteiger partial charge in [0.25, 0.3) is 11.5 Å². The van der Waals surface area contributed by atoms with E-state index in [1.54, 1.807) is 41.0 Å². The van der Waals surface area contributed by atoms with Crippen molar-refractivity contribution in [1.82, 2.24) is 9.88 Å². The number of aliphatic carboxylic acids is 1. The number of carboxylic acid groups (broad SMARTS) is 1. The van der Waals surface area contributed by atoms with Crippen LogP contribution in [0.15, 0.2) is 41.2 Å². The van der Waals surface area contributed by atoms with Crippen LogP contribution >= 0.6 is 0 Å². The zero-order chi connectivity index (χ0) is 22.9. The molecule has 168 valence electrons. The third kappa shape index (κ3) is 5.64. The van der Waals surface area contributed by atoms with Gasteiger partial charge in [-0.2, -0.15) is 5.26 Å². The number of hydrogen-bond donors (Lipinski definition) is 2. The lowest BCUT2D eigenvalue weighted by Gasteiger charge is -2.22. The highest BCUT2D eigenvalue weighted by Gasteiger charge is 2.26. The number of amides is 1. The van der Waals surface area contributed by atoms with Crippen LogP contribution in [0.2, 0.25) is 0 Å². The van der Waals surface area contributed by atoms with Crippen molar-refractivity contribution < 1.29 is 14.7 Å². The second-order valence-corrected chi connectivity index (χ2v) is 8.17. The van der Waals surface area contributed by atoms with Crippen LogP contribution in [0.5, 0.6) is 0 Å². The van der Waals surface area contributed by atoms with Crippen molar-refractivity contribution in [2.24, 2.45) is 0 Å². The fourth-order valence-electron chi connectivity index (χ4n) is 4.25. The van der Waals surface area contributed by atoms with Gasteiger partial charge in [0.2, 0.25) is 0 Å². The van der Waals surface area contributed by atoms with Gasteiger partial charge in [0, 0.05) is 18.7 Å². The summed E-state index contributed by atoms with van der Waals surface area (Å²) in [7, 11) is 0. The number of carbonyl (C=O) groups excluding carboxylic acids is 1. The molecule has 0 unspecified atom stereocenters. The van der Waals surface area contributed by atoms with E-state index < -0.39 is 23.5 Å². The monoisotopic (exact) mass is 435 g/mol. The Morgan fingerprint density at radius 1 is 1.09 bits per heavy atom. The van der Waals surface area contributed by atoms with Crippen LogP contribution in [0, 0.1) is 11.3 Å². The highest BCUT2D eigenvalue weighted by atomic mass is 16.4. The van der Waals surface area contributed by atoms with Crippen molar-refractivity contribution in [2.45, 2.75) is 70.4 Å². The standard InChI is InChI=1S/C25H29N3O4/c26-15-9-4-10-16-28-21-14-8-2-1-5-13-19(21)17-20(24(28)30)23(29)27-22(25(31)32)18-11-6-3-7-12-18/h3,6-7,11-12,17,22H,1-2,4-5,8-10,13-14,16H2,(H,27,29)(H,31,32)/t22-/m1/s1. The van der Waals surface area contributed by atoms with Crippen LogP contribution in [-0.4, -0.2) is 21.6 Å². The van der Waals surface area contributed by atoms with Gasteiger partial charge in [0.15, 0.2) is 6.04 Å². The number of pyridine rings is 1. The lowest BCUT2D eigenvalue weighted by atomic mass is 9.95. The predicted octanol–water partition coefficient (Wildman–Crippen LogP) is 3.76. The van der Waals surface area contributed by atoms with E-state index in [0.717, 1.165) is 49.8 Å². The van der Waals surface area contributed by atoms with E-state index in [4.69, 9.17) is 5.26 Å². The van der Waals surface area contributed by atoms with Crippen LogP contribution < -0.4 is 10.9 Å². The number of hydrogen-bond acceptors (Lipinski definition) is 4. The second kappa shape index (κ2) is 11.3. The van der Waals surface area contributed by atoms with E-state index in [-0.39, 0.29) is 5.56 Å². The van der Waals surface area contributed by atoms with E-state index in [1.165, 1.54) is 0 Å². The van der Waals surface area contributed by atoms with Gasteiger partial charge < -0.3 is 15.0 Å². The van der Waals surface area contributed by atoms with Crippen LogP contribution in [0.25, 0.3) is 0 Å². The molecule has 1 aliphatic carbocycles. The Kier molecular flexibility index (Phi) is 8.20. The van der Waals surface area contributed by atoms with Gasteiger partial charge in [-0.15, -0.1) is 0 Å². The summed E-state index contributed by atoms with van der Waals surface area (Å²) in [6, 6.07) is 11.0. The van der Waals surface area contributed by atoms with Crippen molar-refractivity contribution in [3.8, 4) is 6.07 Å². The summed E-state index contributed by atoms with van der Waals surface area (Å²) in [4.78, 5) is 38.2. The summed E-state index contributed by atoms with van der Waals surface area (Å²) in [5, 5.41) is 21.0. The summed E-state index contributed by atoms with van der Waals surface area (Å²) in [5.41, 5.74) is 1.99. The zero-order valence-electron chi connectivity index (χ0n) is 18.2. The Balaban J connectivity index is 1.96. The molecule has 32 heavy (non-hydrogen) atoms. The van der Waals surface area contributed by atoms with Gasteiger partial charge in [-0.3, -0.25) is 9.59 Å². The molecule has 2 N–H and O–H groups in total. The van der Waals surface area contributed by atoms with E-state index in [2.05, 4.69) is 11.4 Å². The van der Waals surface area contributed by atoms with Crippen molar-refractivity contribution in [3.05, 3.63) is 69.1 Å². The molecule has 1 amide bonds. The van der Waals surface area contributed by atoms with E-state index in [0.29, 0.717) is 31.4 Å². The maximum atomic E-state index is 13.3. The third-order valence-electron chi connectivity index (χ3n) is 5.92.